The van der Waals surface area contributed by atoms with Crippen molar-refractivity contribution in [1.29, 1.82) is 0 Å². The first-order valence-electron chi connectivity index (χ1n) is 6.16. The van der Waals surface area contributed by atoms with E-state index in [4.69, 9.17) is 11.6 Å². The molecular formula is C15H13ClF2N2O. The molecule has 0 spiro atoms. The number of aryl methyl sites for hydroxylation is 1. The summed E-state index contributed by atoms with van der Waals surface area (Å²) in [5, 5.41) is 5.06. The van der Waals surface area contributed by atoms with Crippen LogP contribution in [0.3, 0.4) is 0 Å². The maximum absolute atomic E-state index is 13.7. The van der Waals surface area contributed by atoms with Crippen molar-refractivity contribution >= 4 is 28.9 Å². The SMILES string of the molecule is CNc1cc(C)ccc1C(=O)Nc1c(F)cc(F)cc1Cl. The minimum Gasteiger partial charge on any atom is -0.387 e. The third kappa shape index (κ3) is 3.31. The first-order chi connectivity index (χ1) is 9.92. The van der Waals surface area contributed by atoms with Gasteiger partial charge in [-0.25, -0.2) is 8.78 Å². The Morgan fingerprint density at radius 1 is 1.19 bits per heavy atom. The van der Waals surface area contributed by atoms with Crippen LogP contribution in [0.5, 0.6) is 0 Å². The van der Waals surface area contributed by atoms with Gasteiger partial charge in [0.05, 0.1) is 16.3 Å². The Bertz CT molecular complexity index is 681. The highest BCUT2D eigenvalue weighted by molar-refractivity contribution is 6.34. The van der Waals surface area contributed by atoms with Crippen LogP contribution in [0.2, 0.25) is 5.02 Å². The second-order valence-electron chi connectivity index (χ2n) is 4.50. The van der Waals surface area contributed by atoms with Gasteiger partial charge in [-0.1, -0.05) is 17.7 Å². The van der Waals surface area contributed by atoms with E-state index in [1.165, 1.54) is 0 Å². The molecule has 6 heteroatoms. The molecular weight excluding hydrogens is 298 g/mol. The molecule has 0 fully saturated rings. The minimum atomic E-state index is -0.925. The number of hydrogen-bond acceptors (Lipinski definition) is 2. The summed E-state index contributed by atoms with van der Waals surface area (Å²) in [5.41, 5.74) is 1.67. The molecule has 2 rings (SSSR count). The van der Waals surface area contributed by atoms with Crippen LogP contribution in [-0.2, 0) is 0 Å². The number of carbonyl (C=O) groups excluding carboxylic acids is 1. The molecule has 0 unspecified atom stereocenters. The maximum atomic E-state index is 13.7. The van der Waals surface area contributed by atoms with Gasteiger partial charge in [0.15, 0.2) is 5.82 Å². The van der Waals surface area contributed by atoms with Crippen molar-refractivity contribution in [3.63, 3.8) is 0 Å². The monoisotopic (exact) mass is 310 g/mol. The summed E-state index contributed by atoms with van der Waals surface area (Å²) in [6.07, 6.45) is 0. The molecule has 2 aromatic rings. The number of anilines is 2. The summed E-state index contributed by atoms with van der Waals surface area (Å²) in [5.74, 6) is -2.26. The van der Waals surface area contributed by atoms with Gasteiger partial charge in [-0.3, -0.25) is 4.79 Å². The summed E-state index contributed by atoms with van der Waals surface area (Å²) >= 11 is 5.75. The van der Waals surface area contributed by atoms with E-state index in [-0.39, 0.29) is 10.7 Å². The van der Waals surface area contributed by atoms with Gasteiger partial charge in [-0.2, -0.15) is 0 Å². The number of nitrogens with one attached hydrogen (secondary N) is 2. The summed E-state index contributed by atoms with van der Waals surface area (Å²) in [6.45, 7) is 1.89. The van der Waals surface area contributed by atoms with Gasteiger partial charge in [-0.05, 0) is 30.7 Å². The lowest BCUT2D eigenvalue weighted by molar-refractivity contribution is 0.102. The molecule has 21 heavy (non-hydrogen) atoms. The molecule has 0 atom stereocenters. The quantitative estimate of drug-likeness (QED) is 0.891. The minimum absolute atomic E-state index is 0.195. The van der Waals surface area contributed by atoms with Gasteiger partial charge >= 0.3 is 0 Å². The van der Waals surface area contributed by atoms with Crippen LogP contribution >= 0.6 is 11.6 Å². The predicted molar refractivity (Wildman–Crippen MR) is 80.0 cm³/mol. The molecule has 3 nitrogen and oxygen atoms in total. The number of amides is 1. The molecule has 0 heterocycles. The first kappa shape index (κ1) is 15.3. The van der Waals surface area contributed by atoms with E-state index in [0.717, 1.165) is 11.6 Å². The lowest BCUT2D eigenvalue weighted by Crippen LogP contribution is -2.15. The van der Waals surface area contributed by atoms with Gasteiger partial charge in [0.25, 0.3) is 5.91 Å². The van der Waals surface area contributed by atoms with Crippen molar-refractivity contribution in [2.45, 2.75) is 6.92 Å². The maximum Gasteiger partial charge on any atom is 0.257 e. The Labute approximate surface area is 125 Å². The summed E-state index contributed by atoms with van der Waals surface area (Å²) < 4.78 is 26.7. The molecule has 0 bridgehead atoms. The van der Waals surface area contributed by atoms with Crippen LogP contribution < -0.4 is 10.6 Å². The molecule has 0 aromatic heterocycles. The molecule has 0 aliphatic rings. The fourth-order valence-electron chi connectivity index (χ4n) is 1.91. The molecule has 0 saturated carbocycles. The Hall–Kier alpha value is -2.14. The zero-order valence-corrected chi connectivity index (χ0v) is 12.2. The highest BCUT2D eigenvalue weighted by Crippen LogP contribution is 2.27. The largest absolute Gasteiger partial charge is 0.387 e. The fourth-order valence-corrected chi connectivity index (χ4v) is 2.15. The van der Waals surface area contributed by atoms with Gasteiger partial charge in [0.1, 0.15) is 5.82 Å². The van der Waals surface area contributed by atoms with E-state index >= 15 is 0 Å². The van der Waals surface area contributed by atoms with Gasteiger partial charge in [0.2, 0.25) is 0 Å². The molecule has 0 radical (unpaired) electrons. The van der Waals surface area contributed by atoms with Crippen molar-refractivity contribution < 1.29 is 13.6 Å². The average molecular weight is 311 g/mol. The summed E-state index contributed by atoms with van der Waals surface area (Å²) in [7, 11) is 1.68. The smallest absolute Gasteiger partial charge is 0.257 e. The standard InChI is InChI=1S/C15H13ClF2N2O/c1-8-3-4-10(13(5-8)19-2)15(21)20-14-11(16)6-9(17)7-12(14)18/h3-7,19H,1-2H3,(H,20,21). The zero-order chi connectivity index (χ0) is 15.6. The van der Waals surface area contributed by atoms with E-state index in [0.29, 0.717) is 17.3 Å². The van der Waals surface area contributed by atoms with Crippen molar-refractivity contribution in [2.75, 3.05) is 17.7 Å². The average Bonchev–Trinajstić information content (AvgIpc) is 2.42. The summed E-state index contributed by atoms with van der Waals surface area (Å²) in [4.78, 5) is 12.2. The van der Waals surface area contributed by atoms with E-state index in [2.05, 4.69) is 10.6 Å². The Morgan fingerprint density at radius 3 is 2.52 bits per heavy atom. The Kier molecular flexibility index (Phi) is 4.43. The highest BCUT2D eigenvalue weighted by atomic mass is 35.5. The molecule has 2 aromatic carbocycles. The molecule has 0 aliphatic carbocycles. The predicted octanol–water partition coefficient (Wildman–Crippen LogP) is 4.22. The molecule has 0 aliphatic heterocycles. The van der Waals surface area contributed by atoms with Crippen LogP contribution in [0.25, 0.3) is 0 Å². The number of hydrogen-bond donors (Lipinski definition) is 2. The van der Waals surface area contributed by atoms with Crippen molar-refractivity contribution in [3.05, 3.63) is 58.1 Å². The topological polar surface area (TPSA) is 41.1 Å². The van der Waals surface area contributed by atoms with Gasteiger partial charge in [-0.15, -0.1) is 0 Å². The van der Waals surface area contributed by atoms with E-state index < -0.39 is 17.5 Å². The Balaban J connectivity index is 2.35. The molecule has 0 saturated heterocycles. The van der Waals surface area contributed by atoms with Crippen LogP contribution in [-0.4, -0.2) is 13.0 Å². The normalized spacial score (nSPS) is 10.3. The van der Waals surface area contributed by atoms with Crippen LogP contribution in [0.1, 0.15) is 15.9 Å². The van der Waals surface area contributed by atoms with E-state index in [1.54, 1.807) is 25.2 Å². The number of rotatable bonds is 3. The lowest BCUT2D eigenvalue weighted by Gasteiger charge is -2.12. The number of carbonyl (C=O) groups is 1. The number of halogens is 3. The number of benzene rings is 2. The third-order valence-corrected chi connectivity index (χ3v) is 3.23. The Morgan fingerprint density at radius 2 is 1.90 bits per heavy atom. The van der Waals surface area contributed by atoms with Crippen molar-refractivity contribution in [3.8, 4) is 0 Å². The molecule has 1 amide bonds. The second kappa shape index (κ2) is 6.10. The zero-order valence-electron chi connectivity index (χ0n) is 11.4. The van der Waals surface area contributed by atoms with Crippen molar-refractivity contribution in [2.24, 2.45) is 0 Å². The third-order valence-electron chi connectivity index (χ3n) is 2.93. The van der Waals surface area contributed by atoms with Gasteiger partial charge in [0, 0.05) is 18.8 Å². The molecule has 110 valence electrons. The van der Waals surface area contributed by atoms with Crippen LogP contribution in [0.4, 0.5) is 20.2 Å². The van der Waals surface area contributed by atoms with E-state index in [1.807, 2.05) is 6.92 Å². The van der Waals surface area contributed by atoms with Crippen molar-refractivity contribution in [1.82, 2.24) is 0 Å². The fraction of sp³-hybridized carbons (Fsp3) is 0.133. The highest BCUT2D eigenvalue weighted by Gasteiger charge is 2.16. The molecule has 2 N–H and O–H groups in total. The van der Waals surface area contributed by atoms with Crippen LogP contribution in [0.15, 0.2) is 30.3 Å². The van der Waals surface area contributed by atoms with Crippen LogP contribution in [0, 0.1) is 18.6 Å². The second-order valence-corrected chi connectivity index (χ2v) is 4.90. The first-order valence-corrected chi connectivity index (χ1v) is 6.54. The van der Waals surface area contributed by atoms with E-state index in [9.17, 15) is 13.6 Å². The summed E-state index contributed by atoms with van der Waals surface area (Å²) in [6, 6.07) is 6.77. The van der Waals surface area contributed by atoms with Gasteiger partial charge < -0.3 is 10.6 Å². The lowest BCUT2D eigenvalue weighted by atomic mass is 10.1.